The molecular weight excluding hydrogens is 311 g/mol. The summed E-state index contributed by atoms with van der Waals surface area (Å²) in [6, 6.07) is 12.7. The quantitative estimate of drug-likeness (QED) is 0.678. The maximum absolute atomic E-state index is 13.7. The standard InChI is InChI=1S/C14H12FO4SSi/c15-12-7-6-10(9-14(21)20(16,17)18)8-13(12)19-11-4-2-1-3-5-11/h1-8,14H,9H2,(H,16,17,18). The molecule has 2 aromatic rings. The lowest BCUT2D eigenvalue weighted by Crippen LogP contribution is -2.23. The molecule has 21 heavy (non-hydrogen) atoms. The maximum Gasteiger partial charge on any atom is 0.264 e. The van der Waals surface area contributed by atoms with E-state index < -0.39 is 20.8 Å². The summed E-state index contributed by atoms with van der Waals surface area (Å²) in [5.41, 5.74) is 0.514. The second-order valence-electron chi connectivity index (χ2n) is 4.39. The van der Waals surface area contributed by atoms with E-state index in [1.807, 2.05) is 0 Å². The normalized spacial score (nSPS) is 12.9. The van der Waals surface area contributed by atoms with Crippen LogP contribution in [0, 0.1) is 5.82 Å². The molecule has 7 heteroatoms. The van der Waals surface area contributed by atoms with E-state index in [2.05, 4.69) is 10.2 Å². The molecular formula is C14H12FO4SSi. The molecule has 1 unspecified atom stereocenters. The first-order valence-electron chi connectivity index (χ1n) is 6.05. The molecule has 0 bridgehead atoms. The summed E-state index contributed by atoms with van der Waals surface area (Å²) >= 11 is 0. The molecule has 2 rings (SSSR count). The van der Waals surface area contributed by atoms with Crippen LogP contribution in [0.3, 0.4) is 0 Å². The van der Waals surface area contributed by atoms with Crippen molar-refractivity contribution in [1.29, 1.82) is 0 Å². The highest BCUT2D eigenvalue weighted by Gasteiger charge is 2.18. The number of rotatable bonds is 5. The molecule has 109 valence electrons. The Balaban J connectivity index is 2.21. The average Bonchev–Trinajstić information content (AvgIpc) is 2.42. The van der Waals surface area contributed by atoms with Crippen molar-refractivity contribution in [2.45, 2.75) is 11.3 Å². The van der Waals surface area contributed by atoms with Crippen LogP contribution in [0.5, 0.6) is 11.5 Å². The number of ether oxygens (including phenoxy) is 1. The highest BCUT2D eigenvalue weighted by Crippen LogP contribution is 2.26. The highest BCUT2D eigenvalue weighted by atomic mass is 32.2. The van der Waals surface area contributed by atoms with Crippen molar-refractivity contribution in [3.63, 3.8) is 0 Å². The van der Waals surface area contributed by atoms with Gasteiger partial charge in [0.2, 0.25) is 0 Å². The molecule has 0 aliphatic carbocycles. The molecule has 0 fully saturated rings. The minimum atomic E-state index is -4.20. The van der Waals surface area contributed by atoms with Crippen LogP contribution in [0.4, 0.5) is 4.39 Å². The largest absolute Gasteiger partial charge is 0.454 e. The number of halogens is 1. The summed E-state index contributed by atoms with van der Waals surface area (Å²) < 4.78 is 50.0. The average molecular weight is 323 g/mol. The zero-order chi connectivity index (χ0) is 15.5. The third kappa shape index (κ3) is 4.38. The van der Waals surface area contributed by atoms with Crippen molar-refractivity contribution in [2.75, 3.05) is 0 Å². The zero-order valence-electron chi connectivity index (χ0n) is 10.9. The van der Waals surface area contributed by atoms with Crippen molar-refractivity contribution < 1.29 is 22.1 Å². The summed E-state index contributed by atoms with van der Waals surface area (Å²) in [6.07, 6.45) is -0.0127. The van der Waals surface area contributed by atoms with Crippen molar-refractivity contribution in [3.05, 3.63) is 59.9 Å². The van der Waals surface area contributed by atoms with Gasteiger partial charge in [0, 0.05) is 0 Å². The van der Waals surface area contributed by atoms with E-state index >= 15 is 0 Å². The Kier molecular flexibility index (Phi) is 4.76. The van der Waals surface area contributed by atoms with Crippen LogP contribution < -0.4 is 4.74 Å². The van der Waals surface area contributed by atoms with Gasteiger partial charge in [-0.3, -0.25) is 4.55 Å². The molecule has 0 saturated carbocycles. The third-order valence-corrected chi connectivity index (χ3v) is 4.73. The molecule has 1 atom stereocenters. The van der Waals surface area contributed by atoms with Crippen LogP contribution in [0.2, 0.25) is 0 Å². The van der Waals surface area contributed by atoms with Gasteiger partial charge in [0.25, 0.3) is 10.1 Å². The van der Waals surface area contributed by atoms with Crippen molar-refractivity contribution in [3.8, 4) is 11.5 Å². The number of para-hydroxylation sites is 1. The third-order valence-electron chi connectivity index (χ3n) is 2.75. The van der Waals surface area contributed by atoms with E-state index in [9.17, 15) is 12.8 Å². The predicted octanol–water partition coefficient (Wildman–Crippen LogP) is 2.54. The van der Waals surface area contributed by atoms with Gasteiger partial charge in [0.15, 0.2) is 11.6 Å². The Hall–Kier alpha value is -1.70. The molecule has 2 aromatic carbocycles. The second-order valence-corrected chi connectivity index (χ2v) is 7.10. The Morgan fingerprint density at radius 1 is 1.19 bits per heavy atom. The van der Waals surface area contributed by atoms with Gasteiger partial charge in [-0.1, -0.05) is 24.3 Å². The summed E-state index contributed by atoms with van der Waals surface area (Å²) in [4.78, 5) is -1.16. The molecule has 1 N–H and O–H groups in total. The minimum Gasteiger partial charge on any atom is -0.454 e. The van der Waals surface area contributed by atoms with Crippen LogP contribution in [0.25, 0.3) is 0 Å². The van der Waals surface area contributed by atoms with E-state index in [-0.39, 0.29) is 12.2 Å². The molecule has 0 aliphatic heterocycles. The van der Waals surface area contributed by atoms with Gasteiger partial charge in [-0.05, 0) is 36.2 Å². The lowest BCUT2D eigenvalue weighted by Gasteiger charge is -2.11. The number of hydrogen-bond donors (Lipinski definition) is 1. The summed E-state index contributed by atoms with van der Waals surface area (Å²) in [6.45, 7) is 0. The maximum atomic E-state index is 13.7. The van der Waals surface area contributed by atoms with E-state index in [4.69, 9.17) is 9.29 Å². The first-order chi connectivity index (χ1) is 9.86. The Labute approximate surface area is 125 Å². The molecule has 0 heterocycles. The smallest absolute Gasteiger partial charge is 0.264 e. The minimum absolute atomic E-state index is 0.00657. The number of hydrogen-bond acceptors (Lipinski definition) is 3. The molecule has 0 saturated heterocycles. The van der Waals surface area contributed by atoms with E-state index in [0.717, 1.165) is 0 Å². The molecule has 0 spiro atoms. The SMILES string of the molecule is O=S(=O)(O)C([Si])Cc1ccc(F)c(Oc2ccccc2)c1. The fraction of sp³-hybridized carbons (Fsp3) is 0.143. The summed E-state index contributed by atoms with van der Waals surface area (Å²) in [5.74, 6) is -0.0915. The van der Waals surface area contributed by atoms with Crippen molar-refractivity contribution in [2.24, 2.45) is 0 Å². The topological polar surface area (TPSA) is 63.6 Å². The lowest BCUT2D eigenvalue weighted by molar-refractivity contribution is 0.441. The van der Waals surface area contributed by atoms with E-state index in [0.29, 0.717) is 11.3 Å². The van der Waals surface area contributed by atoms with Gasteiger partial charge < -0.3 is 4.74 Å². The van der Waals surface area contributed by atoms with Crippen molar-refractivity contribution in [1.82, 2.24) is 0 Å². The lowest BCUT2D eigenvalue weighted by atomic mass is 10.1. The monoisotopic (exact) mass is 323 g/mol. The van der Waals surface area contributed by atoms with E-state index in [1.165, 1.54) is 18.2 Å². The second kappa shape index (κ2) is 6.38. The number of benzene rings is 2. The van der Waals surface area contributed by atoms with E-state index in [1.54, 1.807) is 30.3 Å². The summed E-state index contributed by atoms with van der Waals surface area (Å²) in [7, 11) is -1.28. The predicted molar refractivity (Wildman–Crippen MR) is 77.7 cm³/mol. The van der Waals surface area contributed by atoms with Crippen LogP contribution in [0.15, 0.2) is 48.5 Å². The van der Waals surface area contributed by atoms with Crippen LogP contribution in [0.1, 0.15) is 5.56 Å². The first kappa shape index (κ1) is 15.7. The Morgan fingerprint density at radius 3 is 2.48 bits per heavy atom. The van der Waals surface area contributed by atoms with Gasteiger partial charge in [0.1, 0.15) is 5.75 Å². The molecule has 0 amide bonds. The Bertz CT molecular complexity index is 719. The van der Waals surface area contributed by atoms with Gasteiger partial charge in [-0.2, -0.15) is 8.42 Å². The highest BCUT2D eigenvalue weighted by molar-refractivity contribution is 7.87. The van der Waals surface area contributed by atoms with Crippen LogP contribution in [-0.4, -0.2) is 28.1 Å². The molecule has 3 radical (unpaired) electrons. The molecule has 0 aromatic heterocycles. The Morgan fingerprint density at radius 2 is 1.86 bits per heavy atom. The zero-order valence-corrected chi connectivity index (χ0v) is 12.7. The van der Waals surface area contributed by atoms with Crippen LogP contribution in [-0.2, 0) is 16.5 Å². The van der Waals surface area contributed by atoms with Crippen LogP contribution >= 0.6 is 0 Å². The first-order valence-corrected chi connectivity index (χ1v) is 8.13. The van der Waals surface area contributed by atoms with Gasteiger partial charge in [-0.15, -0.1) is 0 Å². The van der Waals surface area contributed by atoms with Gasteiger partial charge in [0.05, 0.1) is 15.1 Å². The van der Waals surface area contributed by atoms with Crippen molar-refractivity contribution >= 4 is 20.4 Å². The molecule has 4 nitrogen and oxygen atoms in total. The fourth-order valence-electron chi connectivity index (χ4n) is 1.69. The van der Waals surface area contributed by atoms with Gasteiger partial charge >= 0.3 is 0 Å². The fourth-order valence-corrected chi connectivity index (χ4v) is 2.33. The molecule has 0 aliphatic rings. The summed E-state index contributed by atoms with van der Waals surface area (Å²) in [5, 5.41) is 0. The van der Waals surface area contributed by atoms with Gasteiger partial charge in [-0.25, -0.2) is 4.39 Å².